The standard InChI is InChI=1S/C5H8N2O3/c8-5(9)10-4-1-2-6-3-7-4/h3-4H,1-2H2,(H,6,7)(H,8,9)/t4-/m0/s1. The Morgan fingerprint density at radius 2 is 2.70 bits per heavy atom. The minimum absolute atomic E-state index is 0.421. The van der Waals surface area contributed by atoms with Crippen molar-refractivity contribution in [1.82, 2.24) is 5.32 Å². The number of nitrogens with one attached hydrogen (secondary N) is 1. The van der Waals surface area contributed by atoms with Crippen LogP contribution in [-0.4, -0.2) is 30.4 Å². The van der Waals surface area contributed by atoms with Crippen molar-refractivity contribution in [2.24, 2.45) is 4.99 Å². The molecule has 2 N–H and O–H groups in total. The highest BCUT2D eigenvalue weighted by atomic mass is 16.7. The van der Waals surface area contributed by atoms with Gasteiger partial charge in [-0.25, -0.2) is 4.79 Å². The van der Waals surface area contributed by atoms with Crippen molar-refractivity contribution in [3.63, 3.8) is 0 Å². The first kappa shape index (κ1) is 6.85. The second kappa shape index (κ2) is 3.05. The van der Waals surface area contributed by atoms with E-state index >= 15 is 0 Å². The van der Waals surface area contributed by atoms with Crippen LogP contribution in [0.2, 0.25) is 0 Å². The Hall–Kier alpha value is -1.26. The van der Waals surface area contributed by atoms with Gasteiger partial charge in [-0.1, -0.05) is 0 Å². The molecule has 1 aliphatic rings. The molecule has 0 bridgehead atoms. The normalized spacial score (nSPS) is 23.4. The summed E-state index contributed by atoms with van der Waals surface area (Å²) in [6.45, 7) is 0.616. The van der Waals surface area contributed by atoms with Crippen LogP contribution in [-0.2, 0) is 4.74 Å². The predicted molar refractivity (Wildman–Crippen MR) is 34.0 cm³/mol. The van der Waals surface area contributed by atoms with Gasteiger partial charge in [-0.15, -0.1) is 0 Å². The van der Waals surface area contributed by atoms with E-state index in [1.165, 1.54) is 6.34 Å². The average Bonchev–Trinajstić information content (AvgIpc) is 1.88. The molecular formula is C5H8N2O3. The molecule has 0 aromatic rings. The first-order chi connectivity index (χ1) is 4.79. The third-order valence-electron chi connectivity index (χ3n) is 1.12. The van der Waals surface area contributed by atoms with Crippen LogP contribution in [0.4, 0.5) is 4.79 Å². The quantitative estimate of drug-likeness (QED) is 0.509. The van der Waals surface area contributed by atoms with E-state index < -0.39 is 12.4 Å². The van der Waals surface area contributed by atoms with Gasteiger partial charge in [0, 0.05) is 13.0 Å². The number of nitrogens with zero attached hydrogens (tertiary/aromatic N) is 1. The smallest absolute Gasteiger partial charge is 0.450 e. The summed E-state index contributed by atoms with van der Waals surface area (Å²) < 4.78 is 4.41. The van der Waals surface area contributed by atoms with Crippen molar-refractivity contribution in [2.75, 3.05) is 6.54 Å². The fraction of sp³-hybridized carbons (Fsp3) is 0.600. The monoisotopic (exact) mass is 144 g/mol. The first-order valence-electron chi connectivity index (χ1n) is 2.93. The van der Waals surface area contributed by atoms with Crippen LogP contribution in [0.15, 0.2) is 4.99 Å². The van der Waals surface area contributed by atoms with Crippen molar-refractivity contribution in [2.45, 2.75) is 12.6 Å². The molecule has 0 spiro atoms. The zero-order valence-electron chi connectivity index (χ0n) is 5.28. The fourth-order valence-electron chi connectivity index (χ4n) is 0.690. The summed E-state index contributed by atoms with van der Waals surface area (Å²) in [5.74, 6) is 0. The molecule has 0 radical (unpaired) electrons. The third kappa shape index (κ3) is 1.93. The number of rotatable bonds is 1. The highest BCUT2D eigenvalue weighted by Crippen LogP contribution is 1.97. The van der Waals surface area contributed by atoms with Crippen LogP contribution in [0.1, 0.15) is 6.42 Å². The Labute approximate surface area is 57.7 Å². The van der Waals surface area contributed by atoms with Crippen molar-refractivity contribution in [3.8, 4) is 0 Å². The molecule has 0 aliphatic carbocycles. The lowest BCUT2D eigenvalue weighted by molar-refractivity contribution is 0.0419. The predicted octanol–water partition coefficient (Wildman–Crippen LogP) is 0.0287. The van der Waals surface area contributed by atoms with Crippen molar-refractivity contribution < 1.29 is 14.6 Å². The van der Waals surface area contributed by atoms with Gasteiger partial charge in [0.15, 0.2) is 6.23 Å². The van der Waals surface area contributed by atoms with Gasteiger partial charge in [0.05, 0.1) is 6.34 Å². The minimum atomic E-state index is -1.26. The lowest BCUT2D eigenvalue weighted by atomic mass is 10.3. The molecule has 1 rings (SSSR count). The lowest BCUT2D eigenvalue weighted by Gasteiger charge is -2.17. The van der Waals surface area contributed by atoms with Crippen LogP contribution >= 0.6 is 0 Å². The van der Waals surface area contributed by atoms with Crippen LogP contribution in [0.5, 0.6) is 0 Å². The van der Waals surface area contributed by atoms with Crippen LogP contribution in [0, 0.1) is 0 Å². The van der Waals surface area contributed by atoms with Gasteiger partial charge in [-0.2, -0.15) is 0 Å². The number of carbonyl (C=O) groups is 1. The number of carboxylic acid groups (broad SMARTS) is 1. The van der Waals surface area contributed by atoms with Gasteiger partial charge < -0.3 is 15.2 Å². The largest absolute Gasteiger partial charge is 0.507 e. The van der Waals surface area contributed by atoms with Crippen LogP contribution < -0.4 is 5.32 Å². The van der Waals surface area contributed by atoms with Gasteiger partial charge in [0.25, 0.3) is 0 Å². The van der Waals surface area contributed by atoms with Crippen LogP contribution in [0.3, 0.4) is 0 Å². The Bertz CT molecular complexity index is 157. The summed E-state index contributed by atoms with van der Waals surface area (Å²) in [7, 11) is 0. The number of hydrogen-bond donors (Lipinski definition) is 2. The summed E-state index contributed by atoms with van der Waals surface area (Å²) in [4.78, 5) is 13.8. The van der Waals surface area contributed by atoms with E-state index in [-0.39, 0.29) is 0 Å². The Balaban J connectivity index is 2.28. The molecule has 0 unspecified atom stereocenters. The summed E-state index contributed by atoms with van der Waals surface area (Å²) in [6, 6.07) is 0. The summed E-state index contributed by atoms with van der Waals surface area (Å²) in [6.07, 6.45) is 0.377. The van der Waals surface area contributed by atoms with E-state index in [0.717, 1.165) is 0 Å². The van der Waals surface area contributed by atoms with Crippen molar-refractivity contribution in [3.05, 3.63) is 0 Å². The van der Waals surface area contributed by atoms with Crippen molar-refractivity contribution >= 4 is 12.5 Å². The Kier molecular flexibility index (Phi) is 2.09. The molecule has 0 aromatic carbocycles. The number of aliphatic imine (C=N–C) groups is 1. The van der Waals surface area contributed by atoms with E-state index in [2.05, 4.69) is 15.0 Å². The van der Waals surface area contributed by atoms with E-state index in [4.69, 9.17) is 5.11 Å². The molecule has 1 heterocycles. The molecule has 0 saturated carbocycles. The SMILES string of the molecule is O=C(O)O[C@H]1CCN=CN1. The van der Waals surface area contributed by atoms with Gasteiger partial charge in [0.2, 0.25) is 0 Å². The molecule has 0 aromatic heterocycles. The van der Waals surface area contributed by atoms with E-state index in [1.54, 1.807) is 0 Å². The summed E-state index contributed by atoms with van der Waals surface area (Å²) >= 11 is 0. The summed E-state index contributed by atoms with van der Waals surface area (Å²) in [5.41, 5.74) is 0. The molecule has 5 nitrogen and oxygen atoms in total. The number of ether oxygens (including phenoxy) is 1. The molecule has 0 fully saturated rings. The zero-order valence-corrected chi connectivity index (χ0v) is 5.28. The number of hydrogen-bond acceptors (Lipinski definition) is 4. The molecule has 1 atom stereocenters. The topological polar surface area (TPSA) is 70.9 Å². The van der Waals surface area contributed by atoms with Gasteiger partial charge in [-0.05, 0) is 0 Å². The zero-order chi connectivity index (χ0) is 7.40. The van der Waals surface area contributed by atoms with Gasteiger partial charge in [-0.3, -0.25) is 4.99 Å². The van der Waals surface area contributed by atoms with E-state index in [1.807, 2.05) is 0 Å². The molecular weight excluding hydrogens is 136 g/mol. The van der Waals surface area contributed by atoms with Crippen molar-refractivity contribution in [1.29, 1.82) is 0 Å². The second-order valence-electron chi connectivity index (χ2n) is 1.86. The van der Waals surface area contributed by atoms with E-state index in [9.17, 15) is 4.79 Å². The third-order valence-corrected chi connectivity index (χ3v) is 1.12. The molecule has 0 amide bonds. The van der Waals surface area contributed by atoms with Crippen LogP contribution in [0.25, 0.3) is 0 Å². The average molecular weight is 144 g/mol. The second-order valence-corrected chi connectivity index (χ2v) is 1.86. The highest BCUT2D eigenvalue weighted by Gasteiger charge is 2.12. The Morgan fingerprint density at radius 1 is 1.90 bits per heavy atom. The molecule has 10 heavy (non-hydrogen) atoms. The Morgan fingerprint density at radius 3 is 3.20 bits per heavy atom. The molecule has 1 aliphatic heterocycles. The first-order valence-corrected chi connectivity index (χ1v) is 2.93. The summed E-state index contributed by atoms with van der Waals surface area (Å²) in [5, 5.41) is 10.8. The fourth-order valence-corrected chi connectivity index (χ4v) is 0.690. The molecule has 56 valence electrons. The van der Waals surface area contributed by atoms with Gasteiger partial charge in [0.1, 0.15) is 0 Å². The molecule has 5 heteroatoms. The minimum Gasteiger partial charge on any atom is -0.450 e. The maximum Gasteiger partial charge on any atom is 0.507 e. The maximum absolute atomic E-state index is 9.96. The highest BCUT2D eigenvalue weighted by molar-refractivity contribution is 5.59. The lowest BCUT2D eigenvalue weighted by Crippen LogP contribution is -2.35. The molecule has 0 saturated heterocycles. The van der Waals surface area contributed by atoms with E-state index in [0.29, 0.717) is 13.0 Å². The maximum atomic E-state index is 9.96. The van der Waals surface area contributed by atoms with Gasteiger partial charge >= 0.3 is 6.16 Å².